The van der Waals surface area contributed by atoms with Gasteiger partial charge in [0.15, 0.2) is 28.8 Å². The van der Waals surface area contributed by atoms with Gasteiger partial charge in [-0.3, -0.25) is 4.79 Å². The number of ketones is 1. The molecule has 5 N–H and O–H groups in total. The van der Waals surface area contributed by atoms with Gasteiger partial charge in [-0.2, -0.15) is 0 Å². The number of aliphatic hydroxyl groups excluding tert-OH is 1. The Balaban J connectivity index is 1.93. The van der Waals surface area contributed by atoms with Crippen molar-refractivity contribution in [3.05, 3.63) is 59.4 Å². The Morgan fingerprint density at radius 3 is 1.62 bits per heavy atom. The summed E-state index contributed by atoms with van der Waals surface area (Å²) < 4.78 is 21.0. The SMILES string of the molecule is COc1cc(CCC(=O)/C=C(\O)CCc2ccc(OC(=O)C(C)N)c(OC)c2)ccc1OC(=O)C(C)N. The van der Waals surface area contributed by atoms with Gasteiger partial charge in [0, 0.05) is 18.9 Å². The lowest BCUT2D eigenvalue weighted by Gasteiger charge is -2.12. The molecule has 0 spiro atoms. The summed E-state index contributed by atoms with van der Waals surface area (Å²) in [7, 11) is 2.90. The summed E-state index contributed by atoms with van der Waals surface area (Å²) in [6.45, 7) is 3.04. The molecule has 0 aromatic heterocycles. The van der Waals surface area contributed by atoms with Crippen LogP contribution < -0.4 is 30.4 Å². The number of methoxy groups -OCH3 is 2. The number of carbonyl (C=O) groups excluding carboxylic acids is 3. The number of hydrogen-bond acceptors (Lipinski definition) is 10. The first kappa shape index (κ1) is 29.3. The highest BCUT2D eigenvalue weighted by Gasteiger charge is 2.16. The van der Waals surface area contributed by atoms with Crippen LogP contribution in [0.1, 0.15) is 37.8 Å². The Morgan fingerprint density at radius 2 is 1.22 bits per heavy atom. The predicted octanol–water partition coefficient (Wildman–Crippen LogP) is 2.79. The summed E-state index contributed by atoms with van der Waals surface area (Å²) in [6.07, 6.45) is 2.46. The van der Waals surface area contributed by atoms with Crippen LogP contribution in [0.4, 0.5) is 0 Å². The number of allylic oxidation sites excluding steroid dienone is 2. The van der Waals surface area contributed by atoms with Gasteiger partial charge in [-0.15, -0.1) is 0 Å². The first-order chi connectivity index (χ1) is 17.5. The van der Waals surface area contributed by atoms with E-state index in [0.29, 0.717) is 24.3 Å². The molecular weight excluding hydrogens is 480 g/mol. The van der Waals surface area contributed by atoms with Crippen LogP contribution in [0.2, 0.25) is 0 Å². The summed E-state index contributed by atoms with van der Waals surface area (Å²) in [5.41, 5.74) is 12.7. The van der Waals surface area contributed by atoms with Crippen molar-refractivity contribution in [2.45, 2.75) is 51.6 Å². The minimum Gasteiger partial charge on any atom is -0.512 e. The topological polar surface area (TPSA) is 160 Å². The summed E-state index contributed by atoms with van der Waals surface area (Å²) in [5, 5.41) is 10.2. The van der Waals surface area contributed by atoms with E-state index < -0.39 is 24.0 Å². The van der Waals surface area contributed by atoms with E-state index in [1.165, 1.54) is 34.1 Å². The monoisotopic (exact) mass is 514 g/mol. The highest BCUT2D eigenvalue weighted by atomic mass is 16.6. The first-order valence-corrected chi connectivity index (χ1v) is 11.7. The van der Waals surface area contributed by atoms with Crippen molar-refractivity contribution in [1.82, 2.24) is 0 Å². The number of hydrogen-bond donors (Lipinski definition) is 3. The Kier molecular flexibility index (Phi) is 11.1. The number of rotatable bonds is 13. The average Bonchev–Trinajstić information content (AvgIpc) is 2.87. The van der Waals surface area contributed by atoms with Crippen molar-refractivity contribution in [2.75, 3.05) is 14.2 Å². The van der Waals surface area contributed by atoms with Crippen LogP contribution in [0.15, 0.2) is 48.2 Å². The third-order valence-electron chi connectivity index (χ3n) is 5.28. The fraction of sp³-hybridized carbons (Fsp3) is 0.370. The molecule has 0 saturated carbocycles. The smallest absolute Gasteiger partial charge is 0.328 e. The molecule has 10 heteroatoms. The van der Waals surface area contributed by atoms with Gasteiger partial charge in [0.25, 0.3) is 0 Å². The van der Waals surface area contributed by atoms with E-state index in [4.69, 9.17) is 30.4 Å². The number of carbonyl (C=O) groups is 3. The van der Waals surface area contributed by atoms with Crippen LogP contribution in [-0.2, 0) is 27.2 Å². The number of esters is 2. The molecule has 2 unspecified atom stereocenters. The van der Waals surface area contributed by atoms with Crippen LogP contribution in [0.5, 0.6) is 23.0 Å². The zero-order valence-electron chi connectivity index (χ0n) is 21.5. The lowest BCUT2D eigenvalue weighted by molar-refractivity contribution is -0.136. The Morgan fingerprint density at radius 1 is 0.784 bits per heavy atom. The summed E-state index contributed by atoms with van der Waals surface area (Å²) in [4.78, 5) is 35.8. The van der Waals surface area contributed by atoms with E-state index in [-0.39, 0.29) is 35.9 Å². The molecule has 0 heterocycles. The molecule has 0 aliphatic rings. The van der Waals surface area contributed by atoms with Crippen LogP contribution in [0.3, 0.4) is 0 Å². The lowest BCUT2D eigenvalue weighted by atomic mass is 10.0. The Labute approximate surface area is 216 Å². The molecule has 0 saturated heterocycles. The molecule has 0 aliphatic heterocycles. The molecule has 200 valence electrons. The maximum absolute atomic E-state index is 12.4. The maximum Gasteiger partial charge on any atom is 0.328 e. The third-order valence-corrected chi connectivity index (χ3v) is 5.28. The molecule has 2 rings (SSSR count). The largest absolute Gasteiger partial charge is 0.512 e. The molecule has 0 fully saturated rings. The van der Waals surface area contributed by atoms with E-state index in [1.807, 2.05) is 0 Å². The fourth-order valence-corrected chi connectivity index (χ4v) is 3.18. The van der Waals surface area contributed by atoms with Crippen molar-refractivity contribution in [3.8, 4) is 23.0 Å². The highest BCUT2D eigenvalue weighted by Crippen LogP contribution is 2.30. The predicted molar refractivity (Wildman–Crippen MR) is 137 cm³/mol. The van der Waals surface area contributed by atoms with Crippen molar-refractivity contribution in [3.63, 3.8) is 0 Å². The van der Waals surface area contributed by atoms with E-state index in [1.54, 1.807) is 36.4 Å². The van der Waals surface area contributed by atoms with Crippen LogP contribution >= 0.6 is 0 Å². The second-order valence-electron chi connectivity index (χ2n) is 8.49. The molecule has 2 atom stereocenters. The van der Waals surface area contributed by atoms with Crippen molar-refractivity contribution >= 4 is 17.7 Å². The molecule has 0 radical (unpaired) electrons. The number of benzene rings is 2. The third kappa shape index (κ3) is 9.25. The summed E-state index contributed by atoms with van der Waals surface area (Å²) in [6, 6.07) is 8.49. The molecule has 2 aromatic rings. The van der Waals surface area contributed by atoms with Gasteiger partial charge in [0.2, 0.25) is 0 Å². The van der Waals surface area contributed by atoms with Crippen molar-refractivity contribution in [2.24, 2.45) is 11.5 Å². The van der Waals surface area contributed by atoms with Gasteiger partial charge in [-0.25, -0.2) is 9.59 Å². The van der Waals surface area contributed by atoms with Gasteiger partial charge in [-0.1, -0.05) is 12.1 Å². The molecule has 10 nitrogen and oxygen atoms in total. The summed E-state index contributed by atoms with van der Waals surface area (Å²) >= 11 is 0. The molecule has 0 amide bonds. The van der Waals surface area contributed by atoms with Gasteiger partial charge in [-0.05, 0) is 62.1 Å². The number of aryl methyl sites for hydroxylation is 2. The van der Waals surface area contributed by atoms with E-state index >= 15 is 0 Å². The Hall–Kier alpha value is -3.89. The Bertz CT molecular complexity index is 1140. The van der Waals surface area contributed by atoms with Crippen molar-refractivity contribution < 1.29 is 38.4 Å². The molecule has 2 aromatic carbocycles. The number of nitrogens with two attached hydrogens (primary N) is 2. The highest BCUT2D eigenvalue weighted by molar-refractivity contribution is 5.90. The maximum atomic E-state index is 12.4. The summed E-state index contributed by atoms with van der Waals surface area (Å²) in [5.74, 6) is -0.239. The second kappa shape index (κ2) is 14.0. The molecular formula is C27H34N2O8. The average molecular weight is 515 g/mol. The van der Waals surface area contributed by atoms with Gasteiger partial charge < -0.3 is 35.5 Å². The van der Waals surface area contributed by atoms with Crippen LogP contribution in [0.25, 0.3) is 0 Å². The normalized spacial score (nSPS) is 12.9. The van der Waals surface area contributed by atoms with Gasteiger partial charge in [0.1, 0.15) is 12.1 Å². The zero-order valence-corrected chi connectivity index (χ0v) is 21.5. The number of ether oxygens (including phenoxy) is 4. The first-order valence-electron chi connectivity index (χ1n) is 11.7. The van der Waals surface area contributed by atoms with Crippen LogP contribution in [-0.4, -0.2) is 49.1 Å². The van der Waals surface area contributed by atoms with Crippen LogP contribution in [0, 0.1) is 0 Å². The lowest BCUT2D eigenvalue weighted by Crippen LogP contribution is -2.30. The van der Waals surface area contributed by atoms with E-state index in [2.05, 4.69) is 0 Å². The quantitative estimate of drug-likeness (QED) is 0.157. The van der Waals surface area contributed by atoms with E-state index in [9.17, 15) is 19.5 Å². The number of aliphatic hydroxyl groups is 1. The minimum absolute atomic E-state index is 0.0489. The van der Waals surface area contributed by atoms with Gasteiger partial charge >= 0.3 is 11.9 Å². The molecule has 0 bridgehead atoms. The van der Waals surface area contributed by atoms with Gasteiger partial charge in [0.05, 0.1) is 20.0 Å². The standard InChI is InChI=1S/C27H34N2O8/c1-16(28)26(32)36-22-11-7-18(13-24(22)34-3)5-9-20(30)15-21(31)10-6-19-8-12-23(25(14-19)35-4)37-27(33)17(2)29/h7-8,11-17,30H,5-6,9-10,28-29H2,1-4H3/b20-15-. The molecule has 37 heavy (non-hydrogen) atoms. The zero-order chi connectivity index (χ0) is 27.5. The minimum atomic E-state index is -0.771. The van der Waals surface area contributed by atoms with E-state index in [0.717, 1.165) is 11.1 Å². The second-order valence-corrected chi connectivity index (χ2v) is 8.49. The fourth-order valence-electron chi connectivity index (χ4n) is 3.18. The van der Waals surface area contributed by atoms with Crippen molar-refractivity contribution in [1.29, 1.82) is 0 Å². The molecule has 0 aliphatic carbocycles.